The molecular formula is C15H15N3O. The minimum atomic E-state index is 0.275. The van der Waals surface area contributed by atoms with Gasteiger partial charge in [-0.3, -0.25) is 4.98 Å². The van der Waals surface area contributed by atoms with Crippen molar-refractivity contribution < 1.29 is 5.11 Å². The summed E-state index contributed by atoms with van der Waals surface area (Å²) in [6, 6.07) is 7.31. The Morgan fingerprint density at radius 3 is 2.68 bits per heavy atom. The molecule has 2 aromatic heterocycles. The van der Waals surface area contributed by atoms with Gasteiger partial charge in [0.15, 0.2) is 0 Å². The summed E-state index contributed by atoms with van der Waals surface area (Å²) in [5, 5.41) is 9.49. The summed E-state index contributed by atoms with van der Waals surface area (Å²) in [4.78, 5) is 8.99. The van der Waals surface area contributed by atoms with Crippen LogP contribution in [0, 0.1) is 13.8 Å². The van der Waals surface area contributed by atoms with Crippen LogP contribution in [0.4, 0.5) is 0 Å². The van der Waals surface area contributed by atoms with E-state index in [0.717, 1.165) is 33.7 Å². The summed E-state index contributed by atoms with van der Waals surface area (Å²) in [6.45, 7) is 3.93. The molecule has 0 saturated carbocycles. The topological polar surface area (TPSA) is 50.9 Å². The number of pyridine rings is 1. The highest BCUT2D eigenvalue weighted by atomic mass is 16.3. The minimum absolute atomic E-state index is 0.275. The molecule has 0 aliphatic carbocycles. The van der Waals surface area contributed by atoms with E-state index in [1.165, 1.54) is 0 Å². The molecule has 1 N–H and O–H groups in total. The van der Waals surface area contributed by atoms with Crippen molar-refractivity contribution in [1.29, 1.82) is 0 Å². The van der Waals surface area contributed by atoms with Crippen molar-refractivity contribution in [1.82, 2.24) is 14.5 Å². The fourth-order valence-corrected chi connectivity index (χ4v) is 2.33. The van der Waals surface area contributed by atoms with Crippen molar-refractivity contribution in [2.75, 3.05) is 0 Å². The van der Waals surface area contributed by atoms with Gasteiger partial charge in [-0.05, 0) is 43.7 Å². The van der Waals surface area contributed by atoms with E-state index >= 15 is 0 Å². The number of rotatable bonds is 1. The van der Waals surface area contributed by atoms with Crippen LogP contribution >= 0.6 is 0 Å². The number of hydrogen-bond donors (Lipinski definition) is 1. The first-order valence-corrected chi connectivity index (χ1v) is 6.15. The Labute approximate surface area is 111 Å². The smallest absolute Gasteiger partial charge is 0.141 e. The van der Waals surface area contributed by atoms with Crippen molar-refractivity contribution in [3.8, 4) is 17.1 Å². The fraction of sp³-hybridized carbons (Fsp3) is 0.200. The molecule has 0 radical (unpaired) electrons. The van der Waals surface area contributed by atoms with Crippen molar-refractivity contribution in [2.45, 2.75) is 13.8 Å². The molecule has 0 saturated heterocycles. The number of imidazole rings is 1. The van der Waals surface area contributed by atoms with Crippen LogP contribution in [0.1, 0.15) is 11.3 Å². The van der Waals surface area contributed by atoms with Crippen LogP contribution in [0.15, 0.2) is 30.5 Å². The van der Waals surface area contributed by atoms with Gasteiger partial charge in [-0.25, -0.2) is 4.98 Å². The number of fused-ring (bicyclic) bond motifs is 1. The molecule has 4 nitrogen and oxygen atoms in total. The molecule has 2 heterocycles. The number of phenolic OH excluding ortho intramolecular Hbond substituents is 1. The highest BCUT2D eigenvalue weighted by Gasteiger charge is 2.12. The number of nitrogens with zero attached hydrogens (tertiary/aromatic N) is 3. The zero-order valence-electron chi connectivity index (χ0n) is 11.2. The van der Waals surface area contributed by atoms with Gasteiger partial charge in [0.2, 0.25) is 0 Å². The SMILES string of the molecule is Cc1cc2nc(-c3ccc(O)cc3C)n(C)c2cn1. The molecule has 0 aliphatic heterocycles. The number of benzene rings is 1. The molecular weight excluding hydrogens is 238 g/mol. The highest BCUT2D eigenvalue weighted by Crippen LogP contribution is 2.28. The third-order valence-electron chi connectivity index (χ3n) is 3.35. The predicted octanol–water partition coefficient (Wildman–Crippen LogP) is 2.96. The second-order valence-corrected chi connectivity index (χ2v) is 4.81. The largest absolute Gasteiger partial charge is 0.508 e. The summed E-state index contributed by atoms with van der Waals surface area (Å²) in [5.41, 5.74) is 4.93. The van der Waals surface area contributed by atoms with Gasteiger partial charge in [0, 0.05) is 18.3 Å². The van der Waals surface area contributed by atoms with Gasteiger partial charge in [0.1, 0.15) is 11.6 Å². The zero-order chi connectivity index (χ0) is 13.6. The van der Waals surface area contributed by atoms with Gasteiger partial charge in [0.05, 0.1) is 17.2 Å². The Kier molecular flexibility index (Phi) is 2.52. The van der Waals surface area contributed by atoms with Crippen LogP contribution < -0.4 is 0 Å². The summed E-state index contributed by atoms with van der Waals surface area (Å²) < 4.78 is 2.03. The Bertz CT molecular complexity index is 774. The van der Waals surface area contributed by atoms with Gasteiger partial charge < -0.3 is 9.67 Å². The number of aromatic hydroxyl groups is 1. The molecule has 0 atom stereocenters. The monoisotopic (exact) mass is 253 g/mol. The molecule has 3 rings (SSSR count). The number of aryl methyl sites for hydroxylation is 3. The lowest BCUT2D eigenvalue weighted by Crippen LogP contribution is -1.94. The van der Waals surface area contributed by atoms with E-state index in [9.17, 15) is 5.11 Å². The molecule has 0 bridgehead atoms. The van der Waals surface area contributed by atoms with Crippen molar-refractivity contribution >= 4 is 11.0 Å². The van der Waals surface area contributed by atoms with Crippen molar-refractivity contribution in [3.05, 3.63) is 41.7 Å². The van der Waals surface area contributed by atoms with Gasteiger partial charge in [-0.15, -0.1) is 0 Å². The lowest BCUT2D eigenvalue weighted by Gasteiger charge is -2.06. The number of hydrogen-bond acceptors (Lipinski definition) is 3. The fourth-order valence-electron chi connectivity index (χ4n) is 2.33. The lowest BCUT2D eigenvalue weighted by atomic mass is 10.1. The Balaban J connectivity index is 2.27. The summed E-state index contributed by atoms with van der Waals surface area (Å²) in [7, 11) is 1.98. The quantitative estimate of drug-likeness (QED) is 0.725. The van der Waals surface area contributed by atoms with Gasteiger partial charge in [0.25, 0.3) is 0 Å². The van der Waals surface area contributed by atoms with Crippen molar-refractivity contribution in [2.24, 2.45) is 7.05 Å². The molecule has 96 valence electrons. The van der Waals surface area contributed by atoms with Crippen LogP contribution in [0.5, 0.6) is 5.75 Å². The predicted molar refractivity (Wildman–Crippen MR) is 75.1 cm³/mol. The molecule has 0 aliphatic rings. The van der Waals surface area contributed by atoms with E-state index in [2.05, 4.69) is 9.97 Å². The van der Waals surface area contributed by atoms with Crippen LogP contribution in [0.25, 0.3) is 22.4 Å². The van der Waals surface area contributed by atoms with E-state index in [1.807, 2.05) is 43.8 Å². The second-order valence-electron chi connectivity index (χ2n) is 4.81. The van der Waals surface area contributed by atoms with E-state index in [0.29, 0.717) is 0 Å². The van der Waals surface area contributed by atoms with Crippen LogP contribution in [0.2, 0.25) is 0 Å². The summed E-state index contributed by atoms with van der Waals surface area (Å²) >= 11 is 0. The second kappa shape index (κ2) is 4.09. The Hall–Kier alpha value is -2.36. The van der Waals surface area contributed by atoms with Crippen LogP contribution in [-0.4, -0.2) is 19.6 Å². The molecule has 0 amide bonds. The molecule has 0 fully saturated rings. The molecule has 19 heavy (non-hydrogen) atoms. The number of phenols is 1. The first-order valence-electron chi connectivity index (χ1n) is 6.15. The highest BCUT2D eigenvalue weighted by molar-refractivity contribution is 5.80. The zero-order valence-corrected chi connectivity index (χ0v) is 11.2. The third kappa shape index (κ3) is 1.85. The average Bonchev–Trinajstić information content (AvgIpc) is 2.66. The normalized spacial score (nSPS) is 11.1. The molecule has 0 unspecified atom stereocenters. The molecule has 3 aromatic rings. The summed E-state index contributed by atoms with van der Waals surface area (Å²) in [6.07, 6.45) is 1.84. The molecule has 4 heteroatoms. The van der Waals surface area contributed by atoms with E-state index in [-0.39, 0.29) is 5.75 Å². The average molecular weight is 253 g/mol. The standard InChI is InChI=1S/C15H15N3O/c1-9-6-11(19)4-5-12(9)15-17-13-7-10(2)16-8-14(13)18(15)3/h4-8,19H,1-3H3. The number of aromatic nitrogens is 3. The van der Waals surface area contributed by atoms with Gasteiger partial charge in [-0.2, -0.15) is 0 Å². The first-order chi connectivity index (χ1) is 9.06. The van der Waals surface area contributed by atoms with Crippen molar-refractivity contribution in [3.63, 3.8) is 0 Å². The van der Waals surface area contributed by atoms with Gasteiger partial charge >= 0.3 is 0 Å². The minimum Gasteiger partial charge on any atom is -0.508 e. The lowest BCUT2D eigenvalue weighted by molar-refractivity contribution is 0.475. The molecule has 1 aromatic carbocycles. The maximum Gasteiger partial charge on any atom is 0.141 e. The third-order valence-corrected chi connectivity index (χ3v) is 3.35. The maximum atomic E-state index is 9.49. The first kappa shape index (κ1) is 11.7. The summed E-state index contributed by atoms with van der Waals surface area (Å²) in [5.74, 6) is 1.16. The van der Waals surface area contributed by atoms with E-state index in [4.69, 9.17) is 0 Å². The van der Waals surface area contributed by atoms with E-state index in [1.54, 1.807) is 12.1 Å². The van der Waals surface area contributed by atoms with Crippen LogP contribution in [0.3, 0.4) is 0 Å². The maximum absolute atomic E-state index is 9.49. The Morgan fingerprint density at radius 2 is 1.95 bits per heavy atom. The molecule has 0 spiro atoms. The van der Waals surface area contributed by atoms with Crippen LogP contribution in [-0.2, 0) is 7.05 Å². The van der Waals surface area contributed by atoms with E-state index < -0.39 is 0 Å². The Morgan fingerprint density at radius 1 is 1.16 bits per heavy atom. The van der Waals surface area contributed by atoms with Gasteiger partial charge in [-0.1, -0.05) is 0 Å².